The number of carbonyl (C=O) groups excluding carboxylic acids is 1. The molecule has 2 heterocycles. The predicted molar refractivity (Wildman–Crippen MR) is 97.0 cm³/mol. The summed E-state index contributed by atoms with van der Waals surface area (Å²) in [7, 11) is 1.47. The highest BCUT2D eigenvalue weighted by Gasteiger charge is 2.39. The number of alkyl carbamates (subject to hydrolysis) is 1. The molecule has 1 amide bonds. The van der Waals surface area contributed by atoms with Gasteiger partial charge in [-0.3, -0.25) is 10.1 Å². The minimum absolute atomic E-state index is 0.118. The fourth-order valence-electron chi connectivity index (χ4n) is 3.72. The lowest BCUT2D eigenvalue weighted by Crippen LogP contribution is -2.42. The lowest BCUT2D eigenvalue weighted by molar-refractivity contribution is -0.384. The van der Waals surface area contributed by atoms with E-state index in [2.05, 4.69) is 11.4 Å². The quantitative estimate of drug-likeness (QED) is 0.638. The van der Waals surface area contributed by atoms with Gasteiger partial charge >= 0.3 is 6.09 Å². The number of nitrogens with zero attached hydrogens (tertiary/aromatic N) is 3. The van der Waals surface area contributed by atoms with E-state index < -0.39 is 22.7 Å². The average molecular weight is 374 g/mol. The second-order valence-corrected chi connectivity index (χ2v) is 7.38. The van der Waals surface area contributed by atoms with Crippen molar-refractivity contribution in [1.29, 1.82) is 5.26 Å². The molecule has 2 aliphatic heterocycles. The number of fused-ring (bicyclic) bond motifs is 1. The van der Waals surface area contributed by atoms with Gasteiger partial charge in [0, 0.05) is 31.6 Å². The van der Waals surface area contributed by atoms with Crippen LogP contribution in [0.25, 0.3) is 0 Å². The molecule has 0 saturated carbocycles. The number of anilines is 1. The van der Waals surface area contributed by atoms with Crippen LogP contribution >= 0.6 is 0 Å². The average Bonchev–Trinajstić information content (AvgIpc) is 2.93. The zero-order chi connectivity index (χ0) is 19.8. The van der Waals surface area contributed by atoms with E-state index in [0.29, 0.717) is 37.1 Å². The van der Waals surface area contributed by atoms with E-state index in [1.807, 2.05) is 13.8 Å². The summed E-state index contributed by atoms with van der Waals surface area (Å²) in [4.78, 5) is 24.5. The van der Waals surface area contributed by atoms with Crippen molar-refractivity contribution >= 4 is 17.5 Å². The normalized spacial score (nSPS) is 20.2. The molecule has 9 nitrogen and oxygen atoms in total. The third-order valence-electron chi connectivity index (χ3n) is 4.78. The van der Waals surface area contributed by atoms with Gasteiger partial charge in [-0.15, -0.1) is 0 Å². The first-order valence-electron chi connectivity index (χ1n) is 8.82. The summed E-state index contributed by atoms with van der Waals surface area (Å²) in [5.74, 6) is 0.414. The number of hydrogen-bond donors (Lipinski definition) is 1. The molecule has 1 atom stereocenters. The Morgan fingerprint density at radius 1 is 1.56 bits per heavy atom. The first-order chi connectivity index (χ1) is 12.8. The Balaban J connectivity index is 2.03. The van der Waals surface area contributed by atoms with Crippen LogP contribution in [-0.4, -0.2) is 42.9 Å². The number of piperidine rings is 1. The molecule has 0 aliphatic carbocycles. The minimum atomic E-state index is -0.545. The Kier molecular flexibility index (Phi) is 4.83. The van der Waals surface area contributed by atoms with E-state index >= 15 is 0 Å². The first kappa shape index (κ1) is 18.8. The molecular formula is C18H22N4O5. The summed E-state index contributed by atoms with van der Waals surface area (Å²) < 4.78 is 11.2. The smallest absolute Gasteiger partial charge is 0.407 e. The molecule has 3 rings (SSSR count). The summed E-state index contributed by atoms with van der Waals surface area (Å²) in [5.41, 5.74) is 0.441. The van der Waals surface area contributed by atoms with Crippen LogP contribution < -0.4 is 15.0 Å². The van der Waals surface area contributed by atoms with Crippen LogP contribution in [0.15, 0.2) is 6.07 Å². The molecule has 9 heteroatoms. The van der Waals surface area contributed by atoms with Crippen molar-refractivity contribution in [3.8, 4) is 11.8 Å². The van der Waals surface area contributed by atoms with Crippen LogP contribution in [0, 0.1) is 21.4 Å². The zero-order valence-corrected chi connectivity index (χ0v) is 15.6. The van der Waals surface area contributed by atoms with Gasteiger partial charge in [0.05, 0.1) is 11.5 Å². The number of ether oxygens (including phenoxy) is 2. The molecule has 1 fully saturated rings. The highest BCUT2D eigenvalue weighted by atomic mass is 16.6. The van der Waals surface area contributed by atoms with E-state index in [4.69, 9.17) is 9.47 Å². The van der Waals surface area contributed by atoms with Crippen molar-refractivity contribution in [3.05, 3.63) is 27.3 Å². The largest absolute Gasteiger partial charge is 0.486 e. The van der Waals surface area contributed by atoms with E-state index in [-0.39, 0.29) is 23.5 Å². The number of carbonyl (C=O) groups is 1. The van der Waals surface area contributed by atoms with Gasteiger partial charge in [0.25, 0.3) is 5.69 Å². The SMILES string of the molecule is CNC(=O)OC1CCCN(c2c([N+](=O)[O-])cc3c(c2C#N)OC(C)(C)C3)C1. The molecule has 0 spiro atoms. The van der Waals surface area contributed by atoms with Gasteiger partial charge in [-0.05, 0) is 26.7 Å². The Labute approximate surface area is 157 Å². The molecule has 0 bridgehead atoms. The maximum Gasteiger partial charge on any atom is 0.407 e. The van der Waals surface area contributed by atoms with E-state index in [0.717, 1.165) is 0 Å². The molecule has 27 heavy (non-hydrogen) atoms. The van der Waals surface area contributed by atoms with E-state index in [1.54, 1.807) is 4.90 Å². The Morgan fingerprint density at radius 3 is 2.93 bits per heavy atom. The van der Waals surface area contributed by atoms with E-state index in [1.165, 1.54) is 13.1 Å². The lowest BCUT2D eigenvalue weighted by Gasteiger charge is -2.34. The van der Waals surface area contributed by atoms with Crippen molar-refractivity contribution in [2.24, 2.45) is 0 Å². The highest BCUT2D eigenvalue weighted by Crippen LogP contribution is 2.46. The second kappa shape index (κ2) is 6.95. The molecule has 1 unspecified atom stereocenters. The van der Waals surface area contributed by atoms with Gasteiger partial charge in [-0.25, -0.2) is 4.79 Å². The number of nitro benzene ring substituents is 1. The van der Waals surface area contributed by atoms with Gasteiger partial charge in [-0.1, -0.05) is 0 Å². The standard InChI is InChI=1S/C18H22N4O5/c1-18(2)8-11-7-14(22(24)25)15(13(9-19)16(11)27-18)21-6-4-5-12(10-21)26-17(23)20-3/h7,12H,4-6,8,10H2,1-3H3,(H,20,23). The van der Waals surface area contributed by atoms with Crippen molar-refractivity contribution < 1.29 is 19.2 Å². The number of nitriles is 1. The summed E-state index contributed by atoms with van der Waals surface area (Å²) >= 11 is 0. The first-order valence-corrected chi connectivity index (χ1v) is 8.82. The molecule has 144 valence electrons. The van der Waals surface area contributed by atoms with Crippen LogP contribution in [-0.2, 0) is 11.2 Å². The van der Waals surface area contributed by atoms with E-state index in [9.17, 15) is 20.2 Å². The maximum atomic E-state index is 11.7. The summed E-state index contributed by atoms with van der Waals surface area (Å²) in [5, 5.41) is 23.9. The fraction of sp³-hybridized carbons (Fsp3) is 0.556. The molecule has 1 saturated heterocycles. The number of nitrogens with one attached hydrogen (secondary N) is 1. The molecule has 1 N–H and O–H groups in total. The van der Waals surface area contributed by atoms with Crippen LogP contribution in [0.3, 0.4) is 0 Å². The highest BCUT2D eigenvalue weighted by molar-refractivity contribution is 5.78. The van der Waals surface area contributed by atoms with Gasteiger partial charge in [-0.2, -0.15) is 5.26 Å². The Morgan fingerprint density at radius 2 is 2.30 bits per heavy atom. The summed E-state index contributed by atoms with van der Waals surface area (Å²) in [6.07, 6.45) is 0.896. The molecular weight excluding hydrogens is 352 g/mol. The van der Waals surface area contributed by atoms with Gasteiger partial charge in [0.15, 0.2) is 0 Å². The number of hydrogen-bond acceptors (Lipinski definition) is 7. The summed E-state index contributed by atoms with van der Waals surface area (Å²) in [6, 6.07) is 3.61. The number of amides is 1. The number of benzene rings is 1. The van der Waals surface area contributed by atoms with Gasteiger partial charge in [0.1, 0.15) is 34.8 Å². The summed E-state index contributed by atoms with van der Waals surface area (Å²) in [6.45, 7) is 4.58. The fourth-order valence-corrected chi connectivity index (χ4v) is 3.72. The Hall–Kier alpha value is -3.02. The zero-order valence-electron chi connectivity index (χ0n) is 15.6. The molecule has 1 aromatic carbocycles. The number of nitro groups is 1. The molecule has 2 aliphatic rings. The number of rotatable bonds is 3. The maximum absolute atomic E-state index is 11.7. The van der Waals surface area contributed by atoms with Crippen LogP contribution in [0.2, 0.25) is 0 Å². The van der Waals surface area contributed by atoms with Crippen molar-refractivity contribution in [1.82, 2.24) is 5.32 Å². The molecule has 1 aromatic rings. The van der Waals surface area contributed by atoms with Crippen molar-refractivity contribution in [2.45, 2.75) is 44.8 Å². The van der Waals surface area contributed by atoms with Crippen LogP contribution in [0.1, 0.15) is 37.8 Å². The minimum Gasteiger partial charge on any atom is -0.486 e. The van der Waals surface area contributed by atoms with Crippen LogP contribution in [0.4, 0.5) is 16.2 Å². The van der Waals surface area contributed by atoms with Crippen molar-refractivity contribution in [2.75, 3.05) is 25.0 Å². The predicted octanol–water partition coefficient (Wildman–Crippen LogP) is 2.50. The topological polar surface area (TPSA) is 118 Å². The van der Waals surface area contributed by atoms with Gasteiger partial charge in [0.2, 0.25) is 0 Å². The van der Waals surface area contributed by atoms with Gasteiger partial charge < -0.3 is 19.7 Å². The third-order valence-corrected chi connectivity index (χ3v) is 4.78. The molecule has 0 radical (unpaired) electrons. The lowest BCUT2D eigenvalue weighted by atomic mass is 9.97. The third kappa shape index (κ3) is 3.60. The monoisotopic (exact) mass is 374 g/mol. The van der Waals surface area contributed by atoms with Crippen LogP contribution in [0.5, 0.6) is 5.75 Å². The Bertz CT molecular complexity index is 830. The van der Waals surface area contributed by atoms with Crippen molar-refractivity contribution in [3.63, 3.8) is 0 Å². The molecule has 0 aromatic heterocycles. The second-order valence-electron chi connectivity index (χ2n) is 7.38.